The molecule has 20 heavy (non-hydrogen) atoms. The number of benzene rings is 1. The van der Waals surface area contributed by atoms with Gasteiger partial charge in [0.25, 0.3) is 5.91 Å². The second-order valence-corrected chi connectivity index (χ2v) is 5.90. The van der Waals surface area contributed by atoms with Gasteiger partial charge >= 0.3 is 0 Å². The van der Waals surface area contributed by atoms with E-state index in [2.05, 4.69) is 5.32 Å². The van der Waals surface area contributed by atoms with E-state index in [4.69, 9.17) is 5.73 Å². The fraction of sp³-hybridized carbons (Fsp3) is 0.562. The van der Waals surface area contributed by atoms with Gasteiger partial charge in [-0.05, 0) is 49.9 Å². The molecule has 0 heterocycles. The maximum atomic E-state index is 12.1. The first-order chi connectivity index (χ1) is 9.00. The van der Waals surface area contributed by atoms with Crippen molar-refractivity contribution < 1.29 is 4.79 Å². The van der Waals surface area contributed by atoms with E-state index in [1.54, 1.807) is 0 Å². The predicted molar refractivity (Wildman–Crippen MR) is 85.5 cm³/mol. The molecular formula is C16H25ClN2O. The molecule has 0 radical (unpaired) electrons. The lowest BCUT2D eigenvalue weighted by Crippen LogP contribution is -2.51. The monoisotopic (exact) mass is 296 g/mol. The largest absolute Gasteiger partial charge is 0.350 e. The van der Waals surface area contributed by atoms with Gasteiger partial charge in [-0.25, -0.2) is 0 Å². The van der Waals surface area contributed by atoms with Crippen LogP contribution in [-0.2, 0) is 0 Å². The zero-order valence-corrected chi connectivity index (χ0v) is 13.2. The lowest BCUT2D eigenvalue weighted by molar-refractivity contribution is 0.0937. The molecule has 0 saturated heterocycles. The Morgan fingerprint density at radius 1 is 1.20 bits per heavy atom. The molecule has 3 nitrogen and oxygen atoms in total. The molecule has 1 saturated carbocycles. The predicted octanol–water partition coefficient (Wildman–Crippen LogP) is 3.12. The lowest BCUT2D eigenvalue weighted by Gasteiger charge is -2.33. The van der Waals surface area contributed by atoms with Gasteiger partial charge in [0.15, 0.2) is 0 Å². The molecule has 2 rings (SSSR count). The highest BCUT2D eigenvalue weighted by Crippen LogP contribution is 2.25. The van der Waals surface area contributed by atoms with Crippen LogP contribution in [0.2, 0.25) is 0 Å². The number of carbonyl (C=O) groups is 1. The Kier molecular flexibility index (Phi) is 6.03. The number of hydrogen-bond donors (Lipinski definition) is 2. The summed E-state index contributed by atoms with van der Waals surface area (Å²) in [5, 5.41) is 2.99. The summed E-state index contributed by atoms with van der Waals surface area (Å²) in [6.07, 6.45) is 5.65. The highest BCUT2D eigenvalue weighted by atomic mass is 35.5. The average Bonchev–Trinajstić information content (AvgIpc) is 2.40. The Labute approximate surface area is 127 Å². The van der Waals surface area contributed by atoms with Crippen LogP contribution in [0.1, 0.15) is 53.6 Å². The molecular weight excluding hydrogens is 272 g/mol. The molecule has 0 aliphatic heterocycles. The van der Waals surface area contributed by atoms with E-state index in [1.165, 1.54) is 24.8 Å². The van der Waals surface area contributed by atoms with E-state index in [0.29, 0.717) is 6.54 Å². The number of halogens is 1. The number of hydrogen-bond acceptors (Lipinski definition) is 2. The Morgan fingerprint density at radius 2 is 1.85 bits per heavy atom. The highest BCUT2D eigenvalue weighted by Gasteiger charge is 2.27. The zero-order valence-electron chi connectivity index (χ0n) is 12.4. The molecule has 0 bridgehead atoms. The van der Waals surface area contributed by atoms with Crippen LogP contribution in [0.25, 0.3) is 0 Å². The highest BCUT2D eigenvalue weighted by molar-refractivity contribution is 5.94. The van der Waals surface area contributed by atoms with Crippen molar-refractivity contribution in [3.05, 3.63) is 34.9 Å². The fourth-order valence-electron chi connectivity index (χ4n) is 2.67. The minimum atomic E-state index is -0.201. The summed E-state index contributed by atoms with van der Waals surface area (Å²) in [5.41, 5.74) is 9.20. The lowest BCUT2D eigenvalue weighted by atomic mass is 9.82. The van der Waals surface area contributed by atoms with Crippen LogP contribution in [0, 0.1) is 13.8 Å². The normalized spacial score (nSPS) is 17.1. The van der Waals surface area contributed by atoms with Gasteiger partial charge in [-0.1, -0.05) is 25.3 Å². The maximum Gasteiger partial charge on any atom is 0.251 e. The third-order valence-corrected chi connectivity index (χ3v) is 4.22. The van der Waals surface area contributed by atoms with Gasteiger partial charge in [0.2, 0.25) is 0 Å². The fourth-order valence-corrected chi connectivity index (χ4v) is 2.67. The molecule has 0 unspecified atom stereocenters. The van der Waals surface area contributed by atoms with E-state index < -0.39 is 0 Å². The molecule has 1 aromatic carbocycles. The molecule has 1 amide bonds. The van der Waals surface area contributed by atoms with Crippen LogP contribution in [0.4, 0.5) is 0 Å². The minimum absolute atomic E-state index is 0. The van der Waals surface area contributed by atoms with Crippen LogP contribution in [0.15, 0.2) is 18.2 Å². The van der Waals surface area contributed by atoms with Gasteiger partial charge < -0.3 is 11.1 Å². The first-order valence-corrected chi connectivity index (χ1v) is 7.15. The van der Waals surface area contributed by atoms with Gasteiger partial charge in [-0.15, -0.1) is 12.4 Å². The Bertz CT molecular complexity index is 468. The van der Waals surface area contributed by atoms with Crippen molar-refractivity contribution in [2.24, 2.45) is 5.73 Å². The number of carbonyl (C=O) groups excluding carboxylic acids is 1. The first-order valence-electron chi connectivity index (χ1n) is 7.15. The number of aryl methyl sites for hydroxylation is 2. The third-order valence-electron chi connectivity index (χ3n) is 4.22. The molecule has 4 heteroatoms. The van der Waals surface area contributed by atoms with Gasteiger partial charge in [0.05, 0.1) is 0 Å². The zero-order chi connectivity index (χ0) is 13.9. The minimum Gasteiger partial charge on any atom is -0.350 e. The van der Waals surface area contributed by atoms with Crippen LogP contribution in [-0.4, -0.2) is 18.0 Å². The van der Waals surface area contributed by atoms with Crippen molar-refractivity contribution in [2.75, 3.05) is 6.54 Å². The average molecular weight is 297 g/mol. The molecule has 1 aliphatic rings. The molecule has 1 aromatic rings. The molecule has 0 atom stereocenters. The van der Waals surface area contributed by atoms with Crippen molar-refractivity contribution in [1.82, 2.24) is 5.32 Å². The number of nitrogens with one attached hydrogen (secondary N) is 1. The third kappa shape index (κ3) is 4.22. The van der Waals surface area contributed by atoms with Crippen molar-refractivity contribution in [3.63, 3.8) is 0 Å². The molecule has 1 aliphatic carbocycles. The second-order valence-electron chi connectivity index (χ2n) is 5.90. The molecule has 0 spiro atoms. The van der Waals surface area contributed by atoms with E-state index in [0.717, 1.165) is 24.0 Å². The van der Waals surface area contributed by atoms with Crippen LogP contribution in [0.3, 0.4) is 0 Å². The van der Waals surface area contributed by atoms with Crippen molar-refractivity contribution in [2.45, 2.75) is 51.5 Å². The van der Waals surface area contributed by atoms with Gasteiger partial charge in [-0.3, -0.25) is 4.79 Å². The standard InChI is InChI=1S/C16H24N2O.ClH/c1-12-6-7-14(10-13(12)2)15(19)18-11-16(17)8-4-3-5-9-16;/h6-7,10H,3-5,8-9,11,17H2,1-2H3,(H,18,19);1H. The summed E-state index contributed by atoms with van der Waals surface area (Å²) in [4.78, 5) is 12.1. The Morgan fingerprint density at radius 3 is 2.45 bits per heavy atom. The quantitative estimate of drug-likeness (QED) is 0.900. The van der Waals surface area contributed by atoms with Crippen LogP contribution in [0.5, 0.6) is 0 Å². The van der Waals surface area contributed by atoms with E-state index in [9.17, 15) is 4.79 Å². The topological polar surface area (TPSA) is 55.1 Å². The molecule has 112 valence electrons. The molecule has 1 fully saturated rings. The van der Waals surface area contributed by atoms with Gasteiger partial charge in [-0.2, -0.15) is 0 Å². The summed E-state index contributed by atoms with van der Waals surface area (Å²) in [6.45, 7) is 4.66. The van der Waals surface area contributed by atoms with Crippen molar-refractivity contribution in [3.8, 4) is 0 Å². The maximum absolute atomic E-state index is 12.1. The summed E-state index contributed by atoms with van der Waals surface area (Å²) in [5.74, 6) is -0.0153. The number of amides is 1. The van der Waals surface area contributed by atoms with Gasteiger partial charge in [0, 0.05) is 17.6 Å². The van der Waals surface area contributed by atoms with Gasteiger partial charge in [0.1, 0.15) is 0 Å². The van der Waals surface area contributed by atoms with E-state index >= 15 is 0 Å². The van der Waals surface area contributed by atoms with Crippen molar-refractivity contribution in [1.29, 1.82) is 0 Å². The van der Waals surface area contributed by atoms with E-state index in [-0.39, 0.29) is 23.9 Å². The summed E-state index contributed by atoms with van der Waals surface area (Å²) >= 11 is 0. The number of rotatable bonds is 3. The summed E-state index contributed by atoms with van der Waals surface area (Å²) < 4.78 is 0. The SMILES string of the molecule is Cc1ccc(C(=O)NCC2(N)CCCCC2)cc1C.Cl. The van der Waals surface area contributed by atoms with E-state index in [1.807, 2.05) is 32.0 Å². The first kappa shape index (κ1) is 17.0. The Balaban J connectivity index is 0.00000200. The summed E-state index contributed by atoms with van der Waals surface area (Å²) in [7, 11) is 0. The van der Waals surface area contributed by atoms with Crippen LogP contribution >= 0.6 is 12.4 Å². The molecule has 0 aromatic heterocycles. The van der Waals surface area contributed by atoms with Crippen LogP contribution < -0.4 is 11.1 Å². The summed E-state index contributed by atoms with van der Waals surface area (Å²) in [6, 6.07) is 5.81. The number of nitrogens with two attached hydrogens (primary N) is 1. The Hall–Kier alpha value is -1.06. The molecule has 3 N–H and O–H groups in total. The smallest absolute Gasteiger partial charge is 0.251 e. The van der Waals surface area contributed by atoms with Crippen molar-refractivity contribution >= 4 is 18.3 Å². The second kappa shape index (κ2) is 7.09.